The van der Waals surface area contributed by atoms with Crippen molar-refractivity contribution in [1.82, 2.24) is 5.32 Å². The Morgan fingerprint density at radius 2 is 0.967 bits per heavy atom. The first-order chi connectivity index (χ1) is 29.4. The van der Waals surface area contributed by atoms with Gasteiger partial charge in [-0.2, -0.15) is 0 Å². The number of carbonyl (C=O) groups excluding carboxylic acids is 1. The third-order valence-electron chi connectivity index (χ3n) is 10.2. The van der Waals surface area contributed by atoms with Crippen LogP contribution < -0.4 is 11.1 Å². The van der Waals surface area contributed by atoms with E-state index in [1.807, 2.05) is 6.08 Å². The van der Waals surface area contributed by atoms with E-state index < -0.39 is 20.0 Å². The van der Waals surface area contributed by atoms with Crippen LogP contribution in [0.4, 0.5) is 0 Å². The van der Waals surface area contributed by atoms with Gasteiger partial charge in [0.15, 0.2) is 0 Å². The maximum absolute atomic E-state index is 12.8. The number of phosphoric acid groups is 1. The fraction of sp³-hybridized carbons (Fsp3) is 0.706. The van der Waals surface area contributed by atoms with Crippen LogP contribution in [0.15, 0.2) is 85.1 Å². The number of amides is 1. The van der Waals surface area contributed by atoms with Gasteiger partial charge in [-0.1, -0.05) is 208 Å². The molecule has 0 rings (SSSR count). The summed E-state index contributed by atoms with van der Waals surface area (Å²) in [5.74, 6) is -0.238. The van der Waals surface area contributed by atoms with E-state index >= 15 is 0 Å². The maximum Gasteiger partial charge on any atom is 0.472 e. The molecule has 5 N–H and O–H groups in total. The van der Waals surface area contributed by atoms with Gasteiger partial charge >= 0.3 is 7.82 Å². The van der Waals surface area contributed by atoms with Crippen LogP contribution in [-0.4, -0.2) is 47.8 Å². The lowest BCUT2D eigenvalue weighted by Gasteiger charge is -2.23. The lowest BCUT2D eigenvalue weighted by molar-refractivity contribution is -0.123. The van der Waals surface area contributed by atoms with Crippen LogP contribution in [0, 0.1) is 0 Å². The molecule has 9 heteroatoms. The number of phosphoric ester groups is 1. The van der Waals surface area contributed by atoms with Gasteiger partial charge < -0.3 is 21.1 Å². The van der Waals surface area contributed by atoms with Gasteiger partial charge in [-0.25, -0.2) is 4.57 Å². The number of rotatable bonds is 44. The Morgan fingerprint density at radius 1 is 0.567 bits per heavy atom. The third-order valence-corrected chi connectivity index (χ3v) is 11.2. The molecular formula is C51H91N2O6P. The highest BCUT2D eigenvalue weighted by Crippen LogP contribution is 2.43. The fourth-order valence-corrected chi connectivity index (χ4v) is 7.37. The van der Waals surface area contributed by atoms with Crippen LogP contribution >= 0.6 is 7.82 Å². The Kier molecular flexibility index (Phi) is 44.4. The van der Waals surface area contributed by atoms with Crippen molar-refractivity contribution in [2.45, 2.75) is 212 Å². The summed E-state index contributed by atoms with van der Waals surface area (Å²) in [6.07, 6.45) is 62.1. The predicted molar refractivity (Wildman–Crippen MR) is 258 cm³/mol. The highest BCUT2D eigenvalue weighted by molar-refractivity contribution is 7.47. The van der Waals surface area contributed by atoms with Crippen molar-refractivity contribution in [2.75, 3.05) is 19.8 Å². The van der Waals surface area contributed by atoms with Crippen LogP contribution in [0.2, 0.25) is 0 Å². The molecule has 3 atom stereocenters. The standard InChI is InChI=1S/C51H91N2O6P/c1-3-5-7-9-11-13-15-17-19-21-23-25-27-29-31-33-35-37-39-41-43-45-51(55)53-49(48-59-60(56,57)58-47-46-52)50(54)44-42-40-38-36-34-32-30-28-26-24-22-20-18-16-14-12-10-8-6-4-2/h5,7,11,13,17,19,23,25,29,31,35,37,42,44,49-50,54H,3-4,6,8-10,12,14-16,18,20-22,24,26-28,30,32-34,36,38-41,43,45-48,52H2,1-2H3,(H,53,55)(H,56,57)/b7-5-,13-11-,19-17-,25-23-,31-29-,37-35-,44-42+. The zero-order chi connectivity index (χ0) is 43.9. The molecule has 60 heavy (non-hydrogen) atoms. The second-order valence-electron chi connectivity index (χ2n) is 15.9. The van der Waals surface area contributed by atoms with Crippen molar-refractivity contribution in [2.24, 2.45) is 5.73 Å². The van der Waals surface area contributed by atoms with Crippen molar-refractivity contribution in [1.29, 1.82) is 0 Å². The summed E-state index contributed by atoms with van der Waals surface area (Å²) in [6.45, 7) is 3.99. The first-order valence-corrected chi connectivity index (χ1v) is 25.7. The van der Waals surface area contributed by atoms with Gasteiger partial charge in [0.1, 0.15) is 0 Å². The van der Waals surface area contributed by atoms with Gasteiger partial charge in [0.05, 0.1) is 25.4 Å². The summed E-state index contributed by atoms with van der Waals surface area (Å²) >= 11 is 0. The SMILES string of the molecule is CC/C=C\C/C=C\C/C=C\C/C=C\C/C=C\C/C=C\CCCCC(=O)NC(COP(=O)(O)OCCN)C(O)/C=C/CCCCCCCCCCCCCCCCCCCC. The molecule has 0 saturated heterocycles. The van der Waals surface area contributed by atoms with Crippen LogP contribution in [-0.2, 0) is 18.4 Å². The first-order valence-electron chi connectivity index (χ1n) is 24.2. The lowest BCUT2D eigenvalue weighted by atomic mass is 10.0. The summed E-state index contributed by atoms with van der Waals surface area (Å²) < 4.78 is 22.2. The lowest BCUT2D eigenvalue weighted by Crippen LogP contribution is -2.45. The van der Waals surface area contributed by atoms with Gasteiger partial charge in [-0.15, -0.1) is 0 Å². The summed E-state index contributed by atoms with van der Waals surface area (Å²) in [5.41, 5.74) is 5.38. The molecule has 0 bridgehead atoms. The number of hydrogen-bond donors (Lipinski definition) is 4. The van der Waals surface area contributed by atoms with Gasteiger partial charge in [-0.05, 0) is 70.6 Å². The molecule has 0 aliphatic rings. The summed E-state index contributed by atoms with van der Waals surface area (Å²) in [5, 5.41) is 13.7. The summed E-state index contributed by atoms with van der Waals surface area (Å²) in [4.78, 5) is 22.8. The number of aliphatic hydroxyl groups excluding tert-OH is 1. The van der Waals surface area contributed by atoms with Crippen LogP contribution in [0.3, 0.4) is 0 Å². The highest BCUT2D eigenvalue weighted by atomic mass is 31.2. The minimum absolute atomic E-state index is 0.0669. The second kappa shape index (κ2) is 46.2. The van der Waals surface area contributed by atoms with Crippen molar-refractivity contribution in [3.8, 4) is 0 Å². The smallest absolute Gasteiger partial charge is 0.387 e. The average molecular weight is 859 g/mol. The molecule has 0 spiro atoms. The molecule has 3 unspecified atom stereocenters. The fourth-order valence-electron chi connectivity index (χ4n) is 6.61. The number of allylic oxidation sites excluding steroid dienone is 13. The number of nitrogens with one attached hydrogen (secondary N) is 1. The van der Waals surface area contributed by atoms with E-state index in [0.29, 0.717) is 6.42 Å². The number of nitrogens with two attached hydrogens (primary N) is 1. The van der Waals surface area contributed by atoms with Crippen LogP contribution in [0.5, 0.6) is 0 Å². The summed E-state index contributed by atoms with van der Waals surface area (Å²) in [7, 11) is -4.36. The highest BCUT2D eigenvalue weighted by Gasteiger charge is 2.26. The van der Waals surface area contributed by atoms with E-state index in [9.17, 15) is 19.4 Å². The Balaban J connectivity index is 4.26. The molecule has 0 heterocycles. The van der Waals surface area contributed by atoms with E-state index in [1.165, 1.54) is 103 Å². The summed E-state index contributed by atoms with van der Waals surface area (Å²) in [6, 6.07) is -0.889. The molecule has 0 fully saturated rings. The molecule has 8 nitrogen and oxygen atoms in total. The molecular weight excluding hydrogens is 768 g/mol. The minimum atomic E-state index is -4.36. The topological polar surface area (TPSA) is 131 Å². The number of aliphatic hydroxyl groups is 1. The van der Waals surface area contributed by atoms with Gasteiger partial charge in [0, 0.05) is 13.0 Å². The van der Waals surface area contributed by atoms with E-state index in [1.54, 1.807) is 6.08 Å². The van der Waals surface area contributed by atoms with Crippen LogP contribution in [0.25, 0.3) is 0 Å². The van der Waals surface area contributed by atoms with E-state index in [-0.39, 0.29) is 32.1 Å². The third kappa shape index (κ3) is 43.8. The van der Waals surface area contributed by atoms with Crippen molar-refractivity contribution < 1.29 is 28.4 Å². The Bertz CT molecular complexity index is 1210. The first kappa shape index (κ1) is 57.7. The van der Waals surface area contributed by atoms with Crippen molar-refractivity contribution >= 4 is 13.7 Å². The quantitative estimate of drug-likeness (QED) is 0.0273. The van der Waals surface area contributed by atoms with Gasteiger partial charge in [0.25, 0.3) is 0 Å². The number of hydrogen-bond acceptors (Lipinski definition) is 6. The molecule has 0 radical (unpaired) electrons. The zero-order valence-electron chi connectivity index (χ0n) is 38.4. The average Bonchev–Trinajstić information content (AvgIpc) is 3.24. The van der Waals surface area contributed by atoms with E-state index in [2.05, 4.69) is 92.1 Å². The Labute approximate surface area is 369 Å². The van der Waals surface area contributed by atoms with Gasteiger partial charge in [0.2, 0.25) is 5.91 Å². The molecule has 346 valence electrons. The van der Waals surface area contributed by atoms with Gasteiger partial charge in [-0.3, -0.25) is 13.8 Å². The molecule has 0 aromatic carbocycles. The normalized spacial score (nSPS) is 14.7. The Morgan fingerprint density at radius 3 is 1.42 bits per heavy atom. The molecule has 0 saturated carbocycles. The van der Waals surface area contributed by atoms with E-state index in [4.69, 9.17) is 14.8 Å². The molecule has 1 amide bonds. The van der Waals surface area contributed by atoms with Crippen molar-refractivity contribution in [3.05, 3.63) is 85.1 Å². The maximum atomic E-state index is 12.8. The minimum Gasteiger partial charge on any atom is -0.387 e. The molecule has 0 aliphatic carbocycles. The molecule has 0 aromatic heterocycles. The largest absolute Gasteiger partial charge is 0.472 e. The molecule has 0 aliphatic heterocycles. The zero-order valence-corrected chi connectivity index (χ0v) is 39.3. The monoisotopic (exact) mass is 859 g/mol. The number of carbonyl (C=O) groups is 1. The van der Waals surface area contributed by atoms with Crippen LogP contribution in [0.1, 0.15) is 200 Å². The second-order valence-corrected chi connectivity index (χ2v) is 17.4. The van der Waals surface area contributed by atoms with Crippen molar-refractivity contribution in [3.63, 3.8) is 0 Å². The molecule has 0 aromatic rings. The number of unbranched alkanes of at least 4 members (excludes halogenated alkanes) is 20. The predicted octanol–water partition coefficient (Wildman–Crippen LogP) is 14.2. The van der Waals surface area contributed by atoms with E-state index in [0.717, 1.165) is 70.6 Å². The Hall–Kier alpha value is -2.32.